The molecule has 1 aromatic carbocycles. The Morgan fingerprint density at radius 2 is 2.06 bits per heavy atom. The normalized spacial score (nSPS) is 12.7. The van der Waals surface area contributed by atoms with E-state index in [2.05, 4.69) is 21.2 Å². The number of rotatable bonds is 3. The molecule has 1 atom stereocenters. The lowest BCUT2D eigenvalue weighted by atomic mass is 10.0. The minimum absolute atomic E-state index is 0.348. The lowest BCUT2D eigenvalue weighted by molar-refractivity contribution is 0.553. The summed E-state index contributed by atoms with van der Waals surface area (Å²) in [4.78, 5) is 0.861. The van der Waals surface area contributed by atoms with Gasteiger partial charge in [0.2, 0.25) is 0 Å². The molecule has 1 aromatic heterocycles. The smallest absolute Gasteiger partial charge is 0.131 e. The van der Waals surface area contributed by atoms with Gasteiger partial charge in [0.05, 0.1) is 6.04 Å². The van der Waals surface area contributed by atoms with Crippen molar-refractivity contribution in [3.63, 3.8) is 0 Å². The van der Waals surface area contributed by atoms with E-state index in [0.29, 0.717) is 9.90 Å². The van der Waals surface area contributed by atoms with E-state index in [9.17, 15) is 8.78 Å². The first kappa shape index (κ1) is 13.9. The first-order valence-electron chi connectivity index (χ1n) is 5.10. The summed E-state index contributed by atoms with van der Waals surface area (Å²) in [6.07, 6.45) is 0. The average molecular weight is 353 g/mol. The zero-order valence-corrected chi connectivity index (χ0v) is 12.5. The highest BCUT2D eigenvalue weighted by atomic mass is 79.9. The second kappa shape index (κ2) is 5.65. The van der Waals surface area contributed by atoms with E-state index in [1.165, 1.54) is 23.5 Å². The lowest BCUT2D eigenvalue weighted by Crippen LogP contribution is -2.17. The van der Waals surface area contributed by atoms with Gasteiger partial charge in [0.15, 0.2) is 0 Å². The van der Waals surface area contributed by atoms with Gasteiger partial charge in [0.25, 0.3) is 0 Å². The van der Waals surface area contributed by atoms with Crippen LogP contribution in [0.2, 0.25) is 4.34 Å². The van der Waals surface area contributed by atoms with Crippen molar-refractivity contribution in [2.75, 3.05) is 7.05 Å². The summed E-state index contributed by atoms with van der Waals surface area (Å²) in [5.74, 6) is -1.16. The van der Waals surface area contributed by atoms with Gasteiger partial charge in [-0.15, -0.1) is 11.3 Å². The van der Waals surface area contributed by atoms with Crippen LogP contribution in [0.25, 0.3) is 0 Å². The molecule has 0 radical (unpaired) electrons. The SMILES string of the molecule is CNC(c1cc(Br)c(Cl)s1)c1ccc(F)cc1F. The fourth-order valence-corrected chi connectivity index (χ4v) is 3.56. The van der Waals surface area contributed by atoms with Crippen molar-refractivity contribution in [2.45, 2.75) is 6.04 Å². The zero-order valence-electron chi connectivity index (χ0n) is 9.31. The molecule has 0 spiro atoms. The molecule has 18 heavy (non-hydrogen) atoms. The molecule has 1 unspecified atom stereocenters. The number of hydrogen-bond donors (Lipinski definition) is 1. The Morgan fingerprint density at radius 3 is 2.56 bits per heavy atom. The van der Waals surface area contributed by atoms with Crippen LogP contribution in [0, 0.1) is 11.6 Å². The van der Waals surface area contributed by atoms with Crippen molar-refractivity contribution >= 4 is 38.9 Å². The van der Waals surface area contributed by atoms with Crippen molar-refractivity contribution in [1.82, 2.24) is 5.32 Å². The molecule has 2 rings (SSSR count). The predicted octanol–water partition coefficient (Wildman–Crippen LogP) is 4.75. The van der Waals surface area contributed by atoms with Crippen molar-refractivity contribution in [3.8, 4) is 0 Å². The molecule has 2 aromatic rings. The van der Waals surface area contributed by atoms with Crippen LogP contribution < -0.4 is 5.32 Å². The van der Waals surface area contributed by atoms with Crippen molar-refractivity contribution in [2.24, 2.45) is 0 Å². The maximum absolute atomic E-state index is 13.8. The number of hydrogen-bond acceptors (Lipinski definition) is 2. The largest absolute Gasteiger partial charge is 0.309 e. The molecule has 0 amide bonds. The molecule has 0 saturated carbocycles. The highest BCUT2D eigenvalue weighted by molar-refractivity contribution is 9.10. The number of nitrogens with one attached hydrogen (secondary N) is 1. The van der Waals surface area contributed by atoms with Crippen LogP contribution in [0.4, 0.5) is 8.78 Å². The molecule has 96 valence electrons. The third-order valence-electron chi connectivity index (χ3n) is 2.51. The van der Waals surface area contributed by atoms with E-state index in [0.717, 1.165) is 15.4 Å². The molecule has 1 nitrogen and oxygen atoms in total. The second-order valence-electron chi connectivity index (χ2n) is 3.66. The van der Waals surface area contributed by atoms with Gasteiger partial charge in [-0.25, -0.2) is 8.78 Å². The first-order valence-corrected chi connectivity index (χ1v) is 7.08. The fraction of sp³-hybridized carbons (Fsp3) is 0.167. The predicted molar refractivity (Wildman–Crippen MR) is 74.3 cm³/mol. The van der Waals surface area contributed by atoms with E-state index < -0.39 is 11.6 Å². The van der Waals surface area contributed by atoms with Crippen molar-refractivity contribution in [3.05, 3.63) is 55.1 Å². The zero-order chi connectivity index (χ0) is 13.3. The topological polar surface area (TPSA) is 12.0 Å². The van der Waals surface area contributed by atoms with Gasteiger partial charge in [-0.3, -0.25) is 0 Å². The molecule has 1 heterocycles. The lowest BCUT2D eigenvalue weighted by Gasteiger charge is -2.15. The van der Waals surface area contributed by atoms with Gasteiger partial charge < -0.3 is 5.32 Å². The molecule has 0 aliphatic carbocycles. The summed E-state index contributed by atoms with van der Waals surface area (Å²) in [5.41, 5.74) is 0.393. The van der Waals surface area contributed by atoms with Gasteiger partial charge in [-0.1, -0.05) is 17.7 Å². The average Bonchev–Trinajstić information content (AvgIpc) is 2.63. The third kappa shape index (κ3) is 2.74. The Morgan fingerprint density at radius 1 is 1.33 bits per heavy atom. The minimum Gasteiger partial charge on any atom is -0.309 e. The van der Waals surface area contributed by atoms with E-state index in [4.69, 9.17) is 11.6 Å². The van der Waals surface area contributed by atoms with Gasteiger partial charge in [-0.05, 0) is 35.1 Å². The molecule has 0 bridgehead atoms. The highest BCUT2D eigenvalue weighted by Crippen LogP contribution is 2.37. The fourth-order valence-electron chi connectivity index (χ4n) is 1.69. The maximum Gasteiger partial charge on any atom is 0.131 e. The van der Waals surface area contributed by atoms with Crippen LogP contribution in [0.1, 0.15) is 16.5 Å². The summed E-state index contributed by atoms with van der Waals surface area (Å²) in [7, 11) is 1.72. The third-order valence-corrected chi connectivity index (χ3v) is 5.05. The van der Waals surface area contributed by atoms with Gasteiger partial charge >= 0.3 is 0 Å². The van der Waals surface area contributed by atoms with Crippen LogP contribution >= 0.6 is 38.9 Å². The minimum atomic E-state index is -0.587. The summed E-state index contributed by atoms with van der Waals surface area (Å²) >= 11 is 10.6. The van der Waals surface area contributed by atoms with Crippen LogP contribution in [0.5, 0.6) is 0 Å². The number of thiophene rings is 1. The van der Waals surface area contributed by atoms with Gasteiger partial charge in [0, 0.05) is 21.0 Å². The van der Waals surface area contributed by atoms with Gasteiger partial charge in [0.1, 0.15) is 16.0 Å². The van der Waals surface area contributed by atoms with E-state index in [1.54, 1.807) is 7.05 Å². The molecule has 0 saturated heterocycles. The van der Waals surface area contributed by atoms with Crippen LogP contribution in [0.3, 0.4) is 0 Å². The Bertz CT molecular complexity index is 554. The highest BCUT2D eigenvalue weighted by Gasteiger charge is 2.19. The molecule has 0 aliphatic heterocycles. The molecule has 0 aliphatic rings. The molecular formula is C12H9BrClF2NS. The molecule has 6 heteroatoms. The molecule has 1 N–H and O–H groups in total. The van der Waals surface area contributed by atoms with Crippen LogP contribution in [-0.2, 0) is 0 Å². The Labute approximate surface area is 121 Å². The summed E-state index contributed by atoms with van der Waals surface area (Å²) in [6, 6.07) is 5.04. The maximum atomic E-state index is 13.8. The summed E-state index contributed by atoms with van der Waals surface area (Å²) in [5, 5.41) is 3.00. The number of benzene rings is 1. The Balaban J connectivity index is 2.45. The quantitative estimate of drug-likeness (QED) is 0.840. The monoisotopic (exact) mass is 351 g/mol. The van der Waals surface area contributed by atoms with E-state index in [-0.39, 0.29) is 6.04 Å². The molecule has 0 fully saturated rings. The number of halogens is 4. The summed E-state index contributed by atoms with van der Waals surface area (Å²) < 4.78 is 28.0. The van der Waals surface area contributed by atoms with Crippen LogP contribution in [0.15, 0.2) is 28.7 Å². The van der Waals surface area contributed by atoms with E-state index >= 15 is 0 Å². The van der Waals surface area contributed by atoms with Crippen molar-refractivity contribution in [1.29, 1.82) is 0 Å². The van der Waals surface area contributed by atoms with Crippen molar-refractivity contribution < 1.29 is 8.78 Å². The first-order chi connectivity index (χ1) is 8.52. The van der Waals surface area contributed by atoms with E-state index in [1.807, 2.05) is 6.07 Å². The summed E-state index contributed by atoms with van der Waals surface area (Å²) in [6.45, 7) is 0. The van der Waals surface area contributed by atoms with Crippen LogP contribution in [-0.4, -0.2) is 7.05 Å². The van der Waals surface area contributed by atoms with Gasteiger partial charge in [-0.2, -0.15) is 0 Å². The Hall–Kier alpha value is -0.490. The second-order valence-corrected chi connectivity index (χ2v) is 6.20. The molecular weight excluding hydrogens is 344 g/mol. The Kier molecular flexibility index (Phi) is 4.37. The standard InChI is InChI=1S/C12H9BrClF2NS/c1-17-11(10-5-8(13)12(14)18-10)7-3-2-6(15)4-9(7)16/h2-5,11,17H,1H3.